The van der Waals surface area contributed by atoms with Crippen molar-refractivity contribution in [1.29, 1.82) is 0 Å². The van der Waals surface area contributed by atoms with Crippen molar-refractivity contribution >= 4 is 33.7 Å². The van der Waals surface area contributed by atoms with Gasteiger partial charge >= 0.3 is 0 Å². The molecule has 0 bridgehead atoms. The number of benzene rings is 1. The van der Waals surface area contributed by atoms with E-state index in [1.807, 2.05) is 23.8 Å². The number of hydrogen-bond acceptors (Lipinski definition) is 6. The van der Waals surface area contributed by atoms with Gasteiger partial charge in [-0.2, -0.15) is 0 Å². The number of hydrogen-bond donors (Lipinski definition) is 1. The molecule has 0 aliphatic rings. The van der Waals surface area contributed by atoms with Gasteiger partial charge in [-0.3, -0.25) is 10.1 Å². The fourth-order valence-electron chi connectivity index (χ4n) is 1.86. The Morgan fingerprint density at radius 2 is 2.18 bits per heavy atom. The highest BCUT2D eigenvalue weighted by atomic mass is 32.1. The highest BCUT2D eigenvalue weighted by Gasteiger charge is 2.13. The van der Waals surface area contributed by atoms with Crippen molar-refractivity contribution < 1.29 is 9.53 Å². The molecular weight excluding hydrogens is 318 g/mol. The smallest absolute Gasteiger partial charge is 0.261 e. The summed E-state index contributed by atoms with van der Waals surface area (Å²) in [4.78, 5) is 20.7. The number of rotatable bonds is 5. The summed E-state index contributed by atoms with van der Waals surface area (Å²) in [5, 5.41) is 8.07. The highest BCUT2D eigenvalue weighted by Crippen LogP contribution is 2.22. The molecule has 0 saturated heterocycles. The van der Waals surface area contributed by atoms with E-state index in [0.29, 0.717) is 23.1 Å². The Balaban J connectivity index is 1.73. The molecule has 2 heterocycles. The van der Waals surface area contributed by atoms with E-state index in [9.17, 15) is 4.79 Å². The van der Waals surface area contributed by atoms with Gasteiger partial charge in [-0.15, -0.1) is 22.7 Å². The van der Waals surface area contributed by atoms with Crippen LogP contribution in [0.15, 0.2) is 41.2 Å². The van der Waals surface area contributed by atoms with Crippen molar-refractivity contribution in [2.75, 3.05) is 5.32 Å². The van der Waals surface area contributed by atoms with Crippen LogP contribution in [-0.2, 0) is 6.61 Å². The van der Waals surface area contributed by atoms with Crippen molar-refractivity contribution in [1.82, 2.24) is 9.97 Å². The molecule has 0 fully saturated rings. The molecule has 3 aromatic rings. The van der Waals surface area contributed by atoms with Crippen LogP contribution in [-0.4, -0.2) is 15.9 Å². The Hall–Kier alpha value is -2.25. The fraction of sp³-hybridized carbons (Fsp3) is 0.133. The third-order valence-corrected chi connectivity index (χ3v) is 4.34. The maximum Gasteiger partial charge on any atom is 0.261 e. The summed E-state index contributed by atoms with van der Waals surface area (Å²) in [6, 6.07) is 7.14. The number of carbonyl (C=O) groups is 1. The Kier molecular flexibility index (Phi) is 4.45. The maximum absolute atomic E-state index is 12.3. The number of thiazole rings is 2. The molecule has 0 saturated carbocycles. The summed E-state index contributed by atoms with van der Waals surface area (Å²) in [5.74, 6) is 0.294. The predicted molar refractivity (Wildman–Crippen MR) is 87.7 cm³/mol. The van der Waals surface area contributed by atoms with E-state index in [1.165, 1.54) is 11.3 Å². The number of anilines is 1. The minimum absolute atomic E-state index is 0.236. The summed E-state index contributed by atoms with van der Waals surface area (Å²) in [7, 11) is 0. The molecule has 1 aromatic carbocycles. The normalized spacial score (nSPS) is 10.4. The largest absolute Gasteiger partial charge is 0.486 e. The highest BCUT2D eigenvalue weighted by molar-refractivity contribution is 7.13. The van der Waals surface area contributed by atoms with Crippen molar-refractivity contribution in [3.63, 3.8) is 0 Å². The minimum Gasteiger partial charge on any atom is -0.486 e. The van der Waals surface area contributed by atoms with Crippen LogP contribution < -0.4 is 10.1 Å². The predicted octanol–water partition coefficient (Wildman–Crippen LogP) is 3.74. The topological polar surface area (TPSA) is 64.1 Å². The number of amides is 1. The first-order valence-corrected chi connectivity index (χ1v) is 8.32. The molecule has 0 aliphatic heterocycles. The fourth-order valence-corrected chi connectivity index (χ4v) is 2.98. The van der Waals surface area contributed by atoms with Crippen LogP contribution in [0.1, 0.15) is 21.1 Å². The molecule has 7 heteroatoms. The van der Waals surface area contributed by atoms with Crippen LogP contribution >= 0.6 is 22.7 Å². The third-order valence-electron chi connectivity index (χ3n) is 2.83. The number of para-hydroxylation sites is 1. The standard InChI is InChI=1S/C15H13N3O2S2/c1-10-17-11(9-22-10)8-20-13-5-3-2-4-12(13)14(19)18-15-16-6-7-21-15/h2-7,9H,8H2,1H3,(H,16,18,19). The van der Waals surface area contributed by atoms with Crippen molar-refractivity contribution in [3.8, 4) is 5.75 Å². The van der Waals surface area contributed by atoms with Crippen LogP contribution in [0, 0.1) is 6.92 Å². The molecule has 1 N–H and O–H groups in total. The summed E-state index contributed by atoms with van der Waals surface area (Å²) in [6.45, 7) is 2.29. The number of aryl methyl sites for hydroxylation is 1. The molecule has 0 aliphatic carbocycles. The molecule has 2 aromatic heterocycles. The Labute approximate surface area is 135 Å². The van der Waals surface area contributed by atoms with E-state index in [0.717, 1.165) is 10.7 Å². The van der Waals surface area contributed by atoms with Gasteiger partial charge in [0.2, 0.25) is 0 Å². The molecular formula is C15H13N3O2S2. The number of carbonyl (C=O) groups excluding carboxylic acids is 1. The van der Waals surface area contributed by atoms with Crippen molar-refractivity contribution in [3.05, 3.63) is 57.5 Å². The Morgan fingerprint density at radius 1 is 1.32 bits per heavy atom. The van der Waals surface area contributed by atoms with Crippen LogP contribution in [0.25, 0.3) is 0 Å². The molecule has 0 radical (unpaired) electrons. The first-order chi connectivity index (χ1) is 10.7. The monoisotopic (exact) mass is 331 g/mol. The first-order valence-electron chi connectivity index (χ1n) is 6.56. The second-order valence-electron chi connectivity index (χ2n) is 4.43. The average molecular weight is 331 g/mol. The molecule has 0 atom stereocenters. The molecule has 22 heavy (non-hydrogen) atoms. The lowest BCUT2D eigenvalue weighted by Gasteiger charge is -2.09. The zero-order valence-corrected chi connectivity index (χ0v) is 13.4. The summed E-state index contributed by atoms with van der Waals surface area (Å²) < 4.78 is 5.74. The minimum atomic E-state index is -0.236. The average Bonchev–Trinajstić information content (AvgIpc) is 3.17. The number of aromatic nitrogens is 2. The van der Waals surface area contributed by atoms with Gasteiger partial charge < -0.3 is 4.74 Å². The number of nitrogens with one attached hydrogen (secondary N) is 1. The Bertz CT molecular complexity index is 769. The lowest BCUT2D eigenvalue weighted by atomic mass is 10.2. The van der Waals surface area contributed by atoms with E-state index in [-0.39, 0.29) is 5.91 Å². The summed E-state index contributed by atoms with van der Waals surface area (Å²) in [6.07, 6.45) is 1.65. The van der Waals surface area contributed by atoms with Crippen LogP contribution in [0.2, 0.25) is 0 Å². The zero-order valence-electron chi connectivity index (χ0n) is 11.8. The number of nitrogens with zero attached hydrogens (tertiary/aromatic N) is 2. The van der Waals surface area contributed by atoms with Gasteiger partial charge in [0.15, 0.2) is 5.13 Å². The molecule has 5 nitrogen and oxygen atoms in total. The summed E-state index contributed by atoms with van der Waals surface area (Å²) >= 11 is 2.95. The zero-order chi connectivity index (χ0) is 15.4. The molecule has 112 valence electrons. The molecule has 1 amide bonds. The van der Waals surface area contributed by atoms with Gasteiger partial charge in [0.1, 0.15) is 12.4 Å². The van der Waals surface area contributed by atoms with E-state index in [1.54, 1.807) is 35.7 Å². The first kappa shape index (κ1) is 14.7. The second kappa shape index (κ2) is 6.67. The molecule has 0 unspecified atom stereocenters. The summed E-state index contributed by atoms with van der Waals surface area (Å²) in [5.41, 5.74) is 1.34. The van der Waals surface area contributed by atoms with Gasteiger partial charge in [-0.1, -0.05) is 12.1 Å². The molecule has 3 rings (SSSR count). The van der Waals surface area contributed by atoms with E-state index >= 15 is 0 Å². The quantitative estimate of drug-likeness (QED) is 0.773. The van der Waals surface area contributed by atoms with Crippen molar-refractivity contribution in [2.24, 2.45) is 0 Å². The van der Waals surface area contributed by atoms with Crippen LogP contribution in [0.5, 0.6) is 5.75 Å². The van der Waals surface area contributed by atoms with Gasteiger partial charge in [-0.05, 0) is 19.1 Å². The Morgan fingerprint density at radius 3 is 2.91 bits per heavy atom. The van der Waals surface area contributed by atoms with Crippen LogP contribution in [0.4, 0.5) is 5.13 Å². The van der Waals surface area contributed by atoms with Gasteiger partial charge in [-0.25, -0.2) is 9.97 Å². The van der Waals surface area contributed by atoms with Gasteiger partial charge in [0.05, 0.1) is 16.3 Å². The maximum atomic E-state index is 12.3. The van der Waals surface area contributed by atoms with Crippen molar-refractivity contribution in [2.45, 2.75) is 13.5 Å². The second-order valence-corrected chi connectivity index (χ2v) is 6.39. The van der Waals surface area contributed by atoms with E-state index in [2.05, 4.69) is 15.3 Å². The number of ether oxygens (including phenoxy) is 1. The third kappa shape index (κ3) is 3.49. The van der Waals surface area contributed by atoms with Gasteiger partial charge in [0, 0.05) is 17.0 Å². The lowest BCUT2D eigenvalue weighted by molar-refractivity contribution is 0.102. The van der Waals surface area contributed by atoms with E-state index < -0.39 is 0 Å². The van der Waals surface area contributed by atoms with Crippen LogP contribution in [0.3, 0.4) is 0 Å². The lowest BCUT2D eigenvalue weighted by Crippen LogP contribution is -2.13. The van der Waals surface area contributed by atoms with E-state index in [4.69, 9.17) is 4.74 Å². The van der Waals surface area contributed by atoms with Gasteiger partial charge in [0.25, 0.3) is 5.91 Å². The SMILES string of the molecule is Cc1nc(COc2ccccc2C(=O)Nc2nccs2)cs1. The molecule has 0 spiro atoms.